The van der Waals surface area contributed by atoms with Gasteiger partial charge in [0.15, 0.2) is 0 Å². The Hall–Kier alpha value is -1.32. The Labute approximate surface area is 126 Å². The molecule has 0 radical (unpaired) electrons. The van der Waals surface area contributed by atoms with Crippen LogP contribution in [0.5, 0.6) is 0 Å². The van der Waals surface area contributed by atoms with Crippen LogP contribution in [0.1, 0.15) is 44.2 Å². The van der Waals surface area contributed by atoms with Crippen LogP contribution in [-0.4, -0.2) is 22.2 Å². The summed E-state index contributed by atoms with van der Waals surface area (Å²) in [6.07, 6.45) is 9.58. The van der Waals surface area contributed by atoms with Crippen LogP contribution in [0.4, 0.5) is 0 Å². The Morgan fingerprint density at radius 3 is 2.43 bits per heavy atom. The summed E-state index contributed by atoms with van der Waals surface area (Å²) in [6, 6.07) is 2.00. The first-order chi connectivity index (χ1) is 10.1. The molecule has 4 bridgehead atoms. The molecule has 21 heavy (non-hydrogen) atoms. The van der Waals surface area contributed by atoms with Crippen LogP contribution in [0.2, 0.25) is 0 Å². The number of carbonyl (C=O) groups excluding carboxylic acids is 1. The second kappa shape index (κ2) is 4.85. The molecule has 5 rings (SSSR count). The van der Waals surface area contributed by atoms with Crippen molar-refractivity contribution in [3.05, 3.63) is 18.0 Å². The third kappa shape index (κ3) is 2.39. The van der Waals surface area contributed by atoms with Gasteiger partial charge >= 0.3 is 0 Å². The highest BCUT2D eigenvalue weighted by Crippen LogP contribution is 2.60. The molecule has 4 saturated carbocycles. The predicted molar refractivity (Wildman–Crippen MR) is 80.6 cm³/mol. The zero-order chi connectivity index (χ0) is 14.4. The van der Waals surface area contributed by atoms with E-state index in [0.717, 1.165) is 49.3 Å². The van der Waals surface area contributed by atoms with Crippen LogP contribution in [0.3, 0.4) is 0 Å². The van der Waals surface area contributed by atoms with Gasteiger partial charge in [0, 0.05) is 18.2 Å². The van der Waals surface area contributed by atoms with Crippen LogP contribution >= 0.6 is 0 Å². The van der Waals surface area contributed by atoms with Gasteiger partial charge in [0.25, 0.3) is 0 Å². The molecule has 0 aromatic carbocycles. The minimum Gasteiger partial charge on any atom is -0.354 e. The summed E-state index contributed by atoms with van der Waals surface area (Å²) >= 11 is 0. The molecular weight excluding hydrogens is 262 g/mol. The number of aryl methyl sites for hydroxylation is 1. The molecule has 1 aromatic rings. The molecule has 0 aliphatic heterocycles. The van der Waals surface area contributed by atoms with Crippen molar-refractivity contribution in [1.29, 1.82) is 0 Å². The summed E-state index contributed by atoms with van der Waals surface area (Å²) in [5, 5.41) is 7.56. The van der Waals surface area contributed by atoms with E-state index in [2.05, 4.69) is 10.4 Å². The summed E-state index contributed by atoms with van der Waals surface area (Å²) in [6.45, 7) is 3.46. The molecule has 1 amide bonds. The quantitative estimate of drug-likeness (QED) is 0.925. The molecule has 1 aromatic heterocycles. The first kappa shape index (κ1) is 13.4. The van der Waals surface area contributed by atoms with Gasteiger partial charge in [-0.1, -0.05) is 0 Å². The number of nitrogens with zero attached hydrogens (tertiary/aromatic N) is 2. The molecule has 4 aliphatic carbocycles. The lowest BCUT2D eigenvalue weighted by atomic mass is 9.49. The lowest BCUT2D eigenvalue weighted by Crippen LogP contribution is -2.53. The predicted octanol–water partition coefficient (Wildman–Crippen LogP) is 2.52. The second-order valence-electron chi connectivity index (χ2n) is 7.67. The monoisotopic (exact) mass is 287 g/mol. The molecular formula is C17H25N3O. The van der Waals surface area contributed by atoms with Crippen molar-refractivity contribution >= 4 is 5.91 Å². The van der Waals surface area contributed by atoms with Crippen molar-refractivity contribution in [2.45, 2.75) is 52.0 Å². The average Bonchev–Trinajstić information content (AvgIpc) is 2.83. The Balaban J connectivity index is 1.36. The van der Waals surface area contributed by atoms with Crippen LogP contribution in [0.25, 0.3) is 0 Å². The fourth-order valence-corrected chi connectivity index (χ4v) is 5.45. The highest BCUT2D eigenvalue weighted by molar-refractivity contribution is 5.83. The topological polar surface area (TPSA) is 46.9 Å². The van der Waals surface area contributed by atoms with Crippen molar-refractivity contribution in [3.63, 3.8) is 0 Å². The highest BCUT2D eigenvalue weighted by Gasteiger charge is 2.54. The molecule has 1 heterocycles. The normalized spacial score (nSPS) is 36.9. The molecule has 114 valence electrons. The minimum absolute atomic E-state index is 0.0191. The van der Waals surface area contributed by atoms with Crippen LogP contribution < -0.4 is 5.32 Å². The standard InChI is InChI=1S/C17H25N3O/c1-12-2-4-20(19-12)5-3-18-16(21)17-9-13-6-14(10-17)8-15(7-13)11-17/h2,4,13-15H,3,5-11H2,1H3,(H,18,21). The van der Waals surface area contributed by atoms with E-state index in [-0.39, 0.29) is 5.41 Å². The first-order valence-electron chi connectivity index (χ1n) is 8.41. The number of carbonyl (C=O) groups is 1. The van der Waals surface area contributed by atoms with E-state index in [1.54, 1.807) is 0 Å². The molecule has 0 atom stereocenters. The fraction of sp³-hybridized carbons (Fsp3) is 0.765. The van der Waals surface area contributed by atoms with Crippen molar-refractivity contribution < 1.29 is 4.79 Å². The van der Waals surface area contributed by atoms with Crippen molar-refractivity contribution in [2.75, 3.05) is 6.54 Å². The molecule has 0 unspecified atom stereocenters. The summed E-state index contributed by atoms with van der Waals surface area (Å²) in [5.41, 5.74) is 1.01. The number of hydrogen-bond acceptors (Lipinski definition) is 2. The van der Waals surface area contributed by atoms with Gasteiger partial charge in [-0.05, 0) is 69.3 Å². The van der Waals surface area contributed by atoms with Gasteiger partial charge in [-0.25, -0.2) is 0 Å². The van der Waals surface area contributed by atoms with Crippen LogP contribution in [0, 0.1) is 30.1 Å². The van der Waals surface area contributed by atoms with E-state index < -0.39 is 0 Å². The van der Waals surface area contributed by atoms with E-state index >= 15 is 0 Å². The molecule has 0 spiro atoms. The lowest BCUT2D eigenvalue weighted by Gasteiger charge is -2.55. The van der Waals surface area contributed by atoms with Gasteiger partial charge < -0.3 is 5.32 Å². The Bertz CT molecular complexity index is 513. The van der Waals surface area contributed by atoms with Gasteiger partial charge in [0.2, 0.25) is 5.91 Å². The van der Waals surface area contributed by atoms with E-state index in [1.165, 1.54) is 19.3 Å². The van der Waals surface area contributed by atoms with E-state index in [9.17, 15) is 4.79 Å². The van der Waals surface area contributed by atoms with Gasteiger partial charge in [0.1, 0.15) is 0 Å². The van der Waals surface area contributed by atoms with Crippen molar-refractivity contribution in [2.24, 2.45) is 23.2 Å². The van der Waals surface area contributed by atoms with Crippen molar-refractivity contribution in [3.8, 4) is 0 Å². The zero-order valence-corrected chi connectivity index (χ0v) is 12.8. The largest absolute Gasteiger partial charge is 0.354 e. The third-order valence-electron chi connectivity index (χ3n) is 5.92. The maximum Gasteiger partial charge on any atom is 0.226 e. The average molecular weight is 287 g/mol. The fourth-order valence-electron chi connectivity index (χ4n) is 5.45. The molecule has 0 saturated heterocycles. The van der Waals surface area contributed by atoms with Gasteiger partial charge in [-0.2, -0.15) is 5.10 Å². The summed E-state index contributed by atoms with van der Waals surface area (Å²) in [4.78, 5) is 12.8. The SMILES string of the molecule is Cc1ccn(CCNC(=O)C23CC4CC(CC(C4)C2)C3)n1. The van der Waals surface area contributed by atoms with Gasteiger partial charge in [0.05, 0.1) is 12.2 Å². The van der Waals surface area contributed by atoms with Gasteiger partial charge in [-0.15, -0.1) is 0 Å². The van der Waals surface area contributed by atoms with Crippen LogP contribution in [0.15, 0.2) is 12.3 Å². The summed E-state index contributed by atoms with van der Waals surface area (Å²) in [5.74, 6) is 2.81. The second-order valence-corrected chi connectivity index (χ2v) is 7.67. The maximum atomic E-state index is 12.8. The van der Waals surface area contributed by atoms with Gasteiger partial charge in [-0.3, -0.25) is 9.48 Å². The molecule has 4 heteroatoms. The number of aromatic nitrogens is 2. The number of nitrogens with one attached hydrogen (secondary N) is 1. The van der Waals surface area contributed by atoms with Crippen LogP contribution in [-0.2, 0) is 11.3 Å². The van der Waals surface area contributed by atoms with E-state index in [0.29, 0.717) is 12.5 Å². The number of hydrogen-bond donors (Lipinski definition) is 1. The zero-order valence-electron chi connectivity index (χ0n) is 12.8. The van der Waals surface area contributed by atoms with E-state index in [4.69, 9.17) is 0 Å². The summed E-state index contributed by atoms with van der Waals surface area (Å²) < 4.78 is 1.91. The maximum absolute atomic E-state index is 12.8. The molecule has 4 nitrogen and oxygen atoms in total. The Morgan fingerprint density at radius 2 is 1.90 bits per heavy atom. The highest BCUT2D eigenvalue weighted by atomic mass is 16.2. The minimum atomic E-state index is -0.0191. The summed E-state index contributed by atoms with van der Waals surface area (Å²) in [7, 11) is 0. The lowest BCUT2D eigenvalue weighted by molar-refractivity contribution is -0.146. The Kier molecular flexibility index (Phi) is 3.09. The smallest absolute Gasteiger partial charge is 0.226 e. The number of amides is 1. The molecule has 1 N–H and O–H groups in total. The van der Waals surface area contributed by atoms with Crippen molar-refractivity contribution in [1.82, 2.24) is 15.1 Å². The third-order valence-corrected chi connectivity index (χ3v) is 5.92. The Morgan fingerprint density at radius 1 is 1.29 bits per heavy atom. The number of rotatable bonds is 4. The van der Waals surface area contributed by atoms with E-state index in [1.807, 2.05) is 23.9 Å². The molecule has 4 fully saturated rings. The first-order valence-corrected chi connectivity index (χ1v) is 8.41. The molecule has 4 aliphatic rings.